The highest BCUT2D eigenvalue weighted by molar-refractivity contribution is 5.93. The summed E-state index contributed by atoms with van der Waals surface area (Å²) in [6, 6.07) is 4.76. The number of aliphatic hydroxyl groups excluding tert-OH is 4. The molecule has 2 saturated heterocycles. The van der Waals surface area contributed by atoms with Crippen molar-refractivity contribution in [3.8, 4) is 0 Å². The number of allylic oxidation sites excluding steroid dienone is 3. The number of unbranched alkanes of at least 4 members (excludes halogenated alkanes) is 1. The number of ether oxygens (including phenoxy) is 3. The average Bonchev–Trinajstić information content (AvgIpc) is 3.15. The van der Waals surface area contributed by atoms with Gasteiger partial charge in [0.15, 0.2) is 18.2 Å². The first-order valence-electron chi connectivity index (χ1n) is 18.4. The number of alkyl halides is 6. The number of benzene rings is 2. The lowest BCUT2D eigenvalue weighted by Gasteiger charge is -2.46. The molecule has 11 N–H and O–H groups in total. The van der Waals surface area contributed by atoms with Crippen molar-refractivity contribution in [2.75, 3.05) is 37.0 Å². The van der Waals surface area contributed by atoms with E-state index in [9.17, 15) is 46.8 Å². The first-order chi connectivity index (χ1) is 27.3. The fourth-order valence-electron chi connectivity index (χ4n) is 6.34. The van der Waals surface area contributed by atoms with Crippen molar-refractivity contribution >= 4 is 23.3 Å². The topological polar surface area (TPSA) is 221 Å². The molecule has 2 fully saturated rings. The molecule has 322 valence electrons. The Hall–Kier alpha value is -4.28. The van der Waals surface area contributed by atoms with Crippen LogP contribution in [-0.4, -0.2) is 114 Å². The van der Waals surface area contributed by atoms with Gasteiger partial charge in [0.1, 0.15) is 36.5 Å². The maximum atomic E-state index is 13.4. The molecule has 2 aliphatic heterocycles. The van der Waals surface area contributed by atoms with Gasteiger partial charge in [0.05, 0.1) is 43.1 Å². The molecule has 0 aliphatic carbocycles. The molecule has 0 unspecified atom stereocenters. The lowest BCUT2D eigenvalue weighted by Crippen LogP contribution is -2.65. The Kier molecular flexibility index (Phi) is 16.5. The zero-order valence-electron chi connectivity index (χ0n) is 32.0. The molecule has 2 aromatic carbocycles. The summed E-state index contributed by atoms with van der Waals surface area (Å²) in [4.78, 5) is 8.68. The van der Waals surface area contributed by atoms with E-state index in [-0.39, 0.29) is 30.5 Å². The molecule has 2 aliphatic rings. The fraction of sp³-hybridized carbons (Fsp3) is 0.526. The van der Waals surface area contributed by atoms with Crippen LogP contribution < -0.4 is 27.4 Å². The number of nitrogens with one attached hydrogen (secondary N) is 3. The second kappa shape index (κ2) is 20.6. The van der Waals surface area contributed by atoms with Gasteiger partial charge in [-0.1, -0.05) is 35.4 Å². The van der Waals surface area contributed by atoms with Crippen LogP contribution >= 0.6 is 0 Å². The molecule has 0 bridgehead atoms. The Morgan fingerprint density at radius 3 is 1.91 bits per heavy atom. The number of rotatable bonds is 14. The van der Waals surface area contributed by atoms with E-state index in [4.69, 9.17) is 25.7 Å². The van der Waals surface area contributed by atoms with Crippen LogP contribution in [0.4, 0.5) is 37.7 Å². The third-order valence-electron chi connectivity index (χ3n) is 9.28. The Labute approximate surface area is 331 Å². The van der Waals surface area contributed by atoms with Crippen molar-refractivity contribution in [3.63, 3.8) is 0 Å². The van der Waals surface area contributed by atoms with Crippen LogP contribution in [0, 0.1) is 0 Å². The molecule has 0 spiro atoms. The van der Waals surface area contributed by atoms with Gasteiger partial charge in [-0.15, -0.1) is 0 Å². The Morgan fingerprint density at radius 2 is 1.38 bits per heavy atom. The normalized spacial score (nSPS) is 27.6. The molecule has 0 radical (unpaired) electrons. The summed E-state index contributed by atoms with van der Waals surface area (Å²) in [5.74, 6) is -0.835. The maximum absolute atomic E-state index is 13.4. The number of anilines is 2. The Bertz CT molecular complexity index is 1770. The summed E-state index contributed by atoms with van der Waals surface area (Å²) in [7, 11) is 0. The molecule has 9 atom stereocenters. The van der Waals surface area contributed by atoms with Crippen LogP contribution in [0.3, 0.4) is 0 Å². The fourth-order valence-corrected chi connectivity index (χ4v) is 6.34. The van der Waals surface area contributed by atoms with E-state index in [1.807, 2.05) is 26.8 Å². The SMILES string of the molecule is CC(C)=CCC/C=C(\C)CN[C@@H]1[C@H](O[C@@H]2O[C@H](CO)[C@@H](O)[C@H](O)[C@H]2N=C(N)Nc2cccc(C(F)(F)F)c2)[C@@H](N=C(N)Nc2cccc(C(F)(F)F)c2)CO[C@@H]1CO. The molecule has 0 saturated carbocycles. The number of guanidine groups is 2. The second-order valence-electron chi connectivity index (χ2n) is 14.2. The minimum atomic E-state index is -4.66. The van der Waals surface area contributed by atoms with Gasteiger partial charge in [-0.25, -0.2) is 9.98 Å². The van der Waals surface area contributed by atoms with Gasteiger partial charge in [-0.05, 0) is 70.0 Å². The minimum Gasteiger partial charge on any atom is -0.394 e. The minimum absolute atomic E-state index is 0.0290. The predicted octanol–water partition coefficient (Wildman–Crippen LogP) is 3.48. The molecule has 4 rings (SSSR count). The van der Waals surface area contributed by atoms with Crippen LogP contribution in [0.2, 0.25) is 0 Å². The summed E-state index contributed by atoms with van der Waals surface area (Å²) in [6.45, 7) is 4.58. The summed E-state index contributed by atoms with van der Waals surface area (Å²) < 4.78 is 98.7. The van der Waals surface area contributed by atoms with Crippen molar-refractivity contribution in [1.29, 1.82) is 0 Å². The van der Waals surface area contributed by atoms with Crippen LogP contribution in [0.15, 0.2) is 81.8 Å². The smallest absolute Gasteiger partial charge is 0.394 e. The zero-order valence-corrected chi connectivity index (χ0v) is 32.0. The molecule has 20 heteroatoms. The first-order valence-corrected chi connectivity index (χ1v) is 18.4. The molecular formula is C38H51F6N7O7. The van der Waals surface area contributed by atoms with Crippen molar-refractivity contribution in [2.45, 2.75) is 101 Å². The highest BCUT2D eigenvalue weighted by atomic mass is 19.4. The molecule has 2 heterocycles. The Morgan fingerprint density at radius 1 is 0.828 bits per heavy atom. The van der Waals surface area contributed by atoms with Crippen LogP contribution in [0.5, 0.6) is 0 Å². The lowest BCUT2D eigenvalue weighted by atomic mass is 9.93. The van der Waals surface area contributed by atoms with E-state index >= 15 is 0 Å². The molecule has 14 nitrogen and oxygen atoms in total. The molecule has 2 aromatic rings. The van der Waals surface area contributed by atoms with Crippen molar-refractivity contribution < 1.29 is 61.0 Å². The van der Waals surface area contributed by atoms with E-state index in [1.54, 1.807) is 0 Å². The summed E-state index contributed by atoms with van der Waals surface area (Å²) >= 11 is 0. The van der Waals surface area contributed by atoms with E-state index in [2.05, 4.69) is 32.0 Å². The second-order valence-corrected chi connectivity index (χ2v) is 14.2. The number of hydrogen-bond acceptors (Lipinski definition) is 10. The molecule has 0 aromatic heterocycles. The standard InChI is InChI=1S/C38H51F6N7O7/c1-20(2)8-4-5-9-21(3)16-47-29-27(17-52)56-19-26(50-35(45)48-24-12-6-10-22(14-24)37(39,40)41)33(29)58-34-30(32(55)31(54)28(18-53)57-34)51-36(46)49-25-13-7-11-23(15-25)38(42,43)44/h6-15,26-34,47,52-55H,4-5,16-19H2,1-3H3,(H3,45,48,50)(H3,46,49,51)/b21-9+/t26-,27+,28+,29-,30+,31+,32+,33+,34-/m0/s1. The number of aliphatic hydroxyl groups is 4. The van der Waals surface area contributed by atoms with Gasteiger partial charge in [0, 0.05) is 17.9 Å². The van der Waals surface area contributed by atoms with E-state index < -0.39 is 97.6 Å². The third-order valence-corrected chi connectivity index (χ3v) is 9.28. The summed E-state index contributed by atoms with van der Waals surface area (Å²) in [5.41, 5.74) is 12.4. The van der Waals surface area contributed by atoms with Gasteiger partial charge in [0.2, 0.25) is 0 Å². The van der Waals surface area contributed by atoms with Gasteiger partial charge < -0.3 is 62.1 Å². The molecular weight excluding hydrogens is 780 g/mol. The van der Waals surface area contributed by atoms with Crippen LogP contribution in [-0.2, 0) is 26.6 Å². The van der Waals surface area contributed by atoms with Gasteiger partial charge >= 0.3 is 12.4 Å². The van der Waals surface area contributed by atoms with Gasteiger partial charge in [-0.2, -0.15) is 26.3 Å². The van der Waals surface area contributed by atoms with Gasteiger partial charge in [-0.3, -0.25) is 0 Å². The largest absolute Gasteiger partial charge is 0.416 e. The van der Waals surface area contributed by atoms with Crippen molar-refractivity contribution in [2.24, 2.45) is 21.5 Å². The average molecular weight is 832 g/mol. The maximum Gasteiger partial charge on any atom is 0.416 e. The van der Waals surface area contributed by atoms with Gasteiger partial charge in [0.25, 0.3) is 0 Å². The number of halogens is 6. The van der Waals surface area contributed by atoms with Crippen LogP contribution in [0.25, 0.3) is 0 Å². The lowest BCUT2D eigenvalue weighted by molar-refractivity contribution is -0.289. The number of aliphatic imine (C=N–C) groups is 2. The van der Waals surface area contributed by atoms with Crippen molar-refractivity contribution in [3.05, 3.63) is 83.0 Å². The summed E-state index contributed by atoms with van der Waals surface area (Å²) in [5, 5.41) is 50.9. The van der Waals surface area contributed by atoms with Crippen LogP contribution in [0.1, 0.15) is 44.7 Å². The third kappa shape index (κ3) is 13.1. The number of nitrogens with two attached hydrogens (primary N) is 2. The first kappa shape index (κ1) is 46.4. The predicted molar refractivity (Wildman–Crippen MR) is 205 cm³/mol. The zero-order chi connectivity index (χ0) is 42.8. The quantitative estimate of drug-likeness (QED) is 0.0439. The molecule has 0 amide bonds. The summed E-state index contributed by atoms with van der Waals surface area (Å²) in [6.07, 6.45) is -12.3. The molecule has 58 heavy (non-hydrogen) atoms. The number of nitrogens with zero attached hydrogens (tertiary/aromatic N) is 2. The number of hydrogen-bond donors (Lipinski definition) is 9. The van der Waals surface area contributed by atoms with E-state index in [0.717, 1.165) is 48.7 Å². The Balaban J connectivity index is 1.71. The highest BCUT2D eigenvalue weighted by Gasteiger charge is 2.49. The highest BCUT2D eigenvalue weighted by Crippen LogP contribution is 2.33. The monoisotopic (exact) mass is 831 g/mol. The van der Waals surface area contributed by atoms with E-state index in [1.165, 1.54) is 23.8 Å². The van der Waals surface area contributed by atoms with E-state index in [0.29, 0.717) is 0 Å². The van der Waals surface area contributed by atoms with Crippen molar-refractivity contribution in [1.82, 2.24) is 5.32 Å².